The van der Waals surface area contributed by atoms with Crippen molar-refractivity contribution in [3.05, 3.63) is 45.1 Å². The van der Waals surface area contributed by atoms with Crippen LogP contribution in [0.2, 0.25) is 5.02 Å². The van der Waals surface area contributed by atoms with Crippen LogP contribution in [0.25, 0.3) is 0 Å². The molecule has 26 heavy (non-hydrogen) atoms. The maximum Gasteiger partial charge on any atom is 0.180 e. The predicted octanol–water partition coefficient (Wildman–Crippen LogP) is 0.968. The molecule has 0 radical (unpaired) electrons. The molecule has 0 saturated carbocycles. The van der Waals surface area contributed by atoms with Crippen LogP contribution in [0.15, 0.2) is 29.6 Å². The minimum atomic E-state index is 0.502. The summed E-state index contributed by atoms with van der Waals surface area (Å²) < 4.78 is 16.8. The van der Waals surface area contributed by atoms with Crippen LogP contribution in [0.5, 0.6) is 11.5 Å². The first-order valence-corrected chi connectivity index (χ1v) is 10.3. The molecule has 0 spiro atoms. The Labute approximate surface area is 163 Å². The zero-order valence-electron chi connectivity index (χ0n) is 15.1. The fraction of sp³-hybridized carbons (Fsp3) is 0.474. The average Bonchev–Trinajstić information content (AvgIpc) is 3.18. The highest BCUT2D eigenvalue weighted by molar-refractivity contribution is 7.09. The third kappa shape index (κ3) is 5.59. The fourth-order valence-electron chi connectivity index (χ4n) is 3.05. The summed E-state index contributed by atoms with van der Waals surface area (Å²) in [4.78, 5) is 2.78. The summed E-state index contributed by atoms with van der Waals surface area (Å²) >= 11 is 8.12. The highest BCUT2D eigenvalue weighted by Crippen LogP contribution is 2.37. The Bertz CT molecular complexity index is 676. The molecule has 142 valence electrons. The van der Waals surface area contributed by atoms with Crippen molar-refractivity contribution in [2.24, 2.45) is 0 Å². The Kier molecular flexibility index (Phi) is 7.58. The van der Waals surface area contributed by atoms with Crippen LogP contribution in [0.4, 0.5) is 0 Å². The SMILES string of the molecule is COc1cc(C[NH2+]CC[NH+]2CCOCC2)cc(Cl)c1OCc1cccs1. The topological polar surface area (TPSA) is 48.7 Å². The number of hydrogen-bond acceptors (Lipinski definition) is 4. The van der Waals surface area contributed by atoms with E-state index < -0.39 is 0 Å². The normalized spacial score (nSPS) is 15.2. The standard InChI is InChI=1S/C19H25ClN2O3S/c1-23-18-12-15(13-21-4-5-22-6-8-24-9-7-22)11-17(20)19(18)25-14-16-3-2-10-26-16/h2-3,10-12,21H,4-9,13-14H2,1H3/p+2. The van der Waals surface area contributed by atoms with Crippen LogP contribution in [0.1, 0.15) is 10.4 Å². The molecule has 0 amide bonds. The zero-order chi connectivity index (χ0) is 18.2. The largest absolute Gasteiger partial charge is 0.493 e. The van der Waals surface area contributed by atoms with Gasteiger partial charge in [0.15, 0.2) is 11.5 Å². The van der Waals surface area contributed by atoms with Gasteiger partial charge in [0, 0.05) is 10.4 Å². The molecule has 1 fully saturated rings. The molecule has 0 atom stereocenters. The molecule has 1 aliphatic heterocycles. The number of rotatable bonds is 9. The number of nitrogens with one attached hydrogen (secondary N) is 1. The first-order valence-electron chi connectivity index (χ1n) is 9.01. The number of morpholine rings is 1. The third-order valence-corrected chi connectivity index (χ3v) is 5.64. The number of quaternary nitrogens is 2. The van der Waals surface area contributed by atoms with Gasteiger partial charge in [-0.3, -0.25) is 0 Å². The van der Waals surface area contributed by atoms with E-state index >= 15 is 0 Å². The summed E-state index contributed by atoms with van der Waals surface area (Å²) in [6.45, 7) is 7.63. The summed E-state index contributed by atoms with van der Waals surface area (Å²) in [6, 6.07) is 8.06. The summed E-state index contributed by atoms with van der Waals surface area (Å²) in [5.74, 6) is 1.31. The van der Waals surface area contributed by atoms with E-state index in [0.717, 1.165) is 56.4 Å². The van der Waals surface area contributed by atoms with Crippen LogP contribution in [-0.4, -0.2) is 46.5 Å². The number of nitrogens with two attached hydrogens (primary N) is 1. The van der Waals surface area contributed by atoms with Crippen molar-refractivity contribution in [1.82, 2.24) is 0 Å². The molecular formula is C19H27ClN2O3S+2. The van der Waals surface area contributed by atoms with Crippen molar-refractivity contribution < 1.29 is 24.4 Å². The monoisotopic (exact) mass is 398 g/mol. The molecule has 5 nitrogen and oxygen atoms in total. The van der Waals surface area contributed by atoms with Gasteiger partial charge in [0.1, 0.15) is 39.3 Å². The molecule has 2 heterocycles. The molecule has 2 aromatic rings. The molecule has 0 bridgehead atoms. The van der Waals surface area contributed by atoms with Gasteiger partial charge < -0.3 is 24.4 Å². The lowest BCUT2D eigenvalue weighted by Crippen LogP contribution is -3.16. The highest BCUT2D eigenvalue weighted by atomic mass is 35.5. The van der Waals surface area contributed by atoms with Gasteiger partial charge in [0.2, 0.25) is 0 Å². The van der Waals surface area contributed by atoms with Gasteiger partial charge >= 0.3 is 0 Å². The van der Waals surface area contributed by atoms with Gasteiger partial charge in [-0.1, -0.05) is 17.7 Å². The quantitative estimate of drug-likeness (QED) is 0.619. The highest BCUT2D eigenvalue weighted by Gasteiger charge is 2.15. The van der Waals surface area contributed by atoms with Crippen molar-refractivity contribution in [3.63, 3.8) is 0 Å². The second-order valence-corrected chi connectivity index (χ2v) is 7.81. The molecule has 0 aliphatic carbocycles. The van der Waals surface area contributed by atoms with Crippen LogP contribution in [0.3, 0.4) is 0 Å². The number of ether oxygens (including phenoxy) is 3. The van der Waals surface area contributed by atoms with Crippen LogP contribution in [-0.2, 0) is 17.9 Å². The van der Waals surface area contributed by atoms with Crippen molar-refractivity contribution in [2.45, 2.75) is 13.2 Å². The van der Waals surface area contributed by atoms with Crippen molar-refractivity contribution in [3.8, 4) is 11.5 Å². The number of halogens is 1. The first-order chi connectivity index (χ1) is 12.8. The molecular weight excluding hydrogens is 372 g/mol. The Morgan fingerprint density at radius 1 is 1.31 bits per heavy atom. The molecule has 7 heteroatoms. The molecule has 3 rings (SSSR count). The van der Waals surface area contributed by atoms with Crippen LogP contribution < -0.4 is 19.7 Å². The zero-order valence-corrected chi connectivity index (χ0v) is 16.7. The van der Waals surface area contributed by atoms with E-state index in [1.54, 1.807) is 23.3 Å². The molecule has 1 aromatic heterocycles. The second-order valence-electron chi connectivity index (χ2n) is 6.37. The number of methoxy groups -OCH3 is 1. The van der Waals surface area contributed by atoms with E-state index in [1.807, 2.05) is 29.6 Å². The number of benzene rings is 1. The van der Waals surface area contributed by atoms with Crippen molar-refractivity contribution in [2.75, 3.05) is 46.5 Å². The van der Waals surface area contributed by atoms with E-state index in [9.17, 15) is 0 Å². The second kappa shape index (κ2) is 10.1. The summed E-state index contributed by atoms with van der Waals surface area (Å²) in [6.07, 6.45) is 0. The minimum Gasteiger partial charge on any atom is -0.493 e. The Balaban J connectivity index is 1.52. The van der Waals surface area contributed by atoms with Crippen molar-refractivity contribution >= 4 is 22.9 Å². The smallest absolute Gasteiger partial charge is 0.180 e. The Hall–Kier alpha value is -1.31. The lowest BCUT2D eigenvalue weighted by molar-refractivity contribution is -0.920. The van der Waals surface area contributed by atoms with Gasteiger partial charge in [-0.15, -0.1) is 11.3 Å². The lowest BCUT2D eigenvalue weighted by atomic mass is 10.2. The van der Waals surface area contributed by atoms with Crippen molar-refractivity contribution in [1.29, 1.82) is 0 Å². The van der Waals surface area contributed by atoms with Gasteiger partial charge in [0.25, 0.3) is 0 Å². The van der Waals surface area contributed by atoms with Gasteiger partial charge in [-0.25, -0.2) is 0 Å². The molecule has 1 aliphatic rings. The Morgan fingerprint density at radius 2 is 2.15 bits per heavy atom. The first kappa shape index (κ1) is 19.5. The van der Waals surface area contributed by atoms with Gasteiger partial charge in [-0.2, -0.15) is 0 Å². The molecule has 1 aromatic carbocycles. The average molecular weight is 399 g/mol. The predicted molar refractivity (Wildman–Crippen MR) is 104 cm³/mol. The van der Waals surface area contributed by atoms with E-state index in [1.165, 1.54) is 0 Å². The van der Waals surface area contributed by atoms with Crippen LogP contribution >= 0.6 is 22.9 Å². The Morgan fingerprint density at radius 3 is 2.88 bits per heavy atom. The van der Waals surface area contributed by atoms with E-state index in [4.69, 9.17) is 25.8 Å². The molecule has 3 N–H and O–H groups in total. The summed E-state index contributed by atoms with van der Waals surface area (Å²) in [5, 5.41) is 4.96. The summed E-state index contributed by atoms with van der Waals surface area (Å²) in [5.41, 5.74) is 1.15. The van der Waals surface area contributed by atoms with Crippen LogP contribution in [0, 0.1) is 0 Å². The van der Waals surface area contributed by atoms with Gasteiger partial charge in [0.05, 0.1) is 25.3 Å². The van der Waals surface area contributed by atoms with Gasteiger partial charge in [-0.05, 0) is 23.6 Å². The van der Waals surface area contributed by atoms with E-state index in [0.29, 0.717) is 23.1 Å². The maximum absolute atomic E-state index is 6.45. The lowest BCUT2D eigenvalue weighted by Gasteiger charge is -2.22. The molecule has 0 unspecified atom stereocenters. The fourth-order valence-corrected chi connectivity index (χ4v) is 3.96. The van der Waals surface area contributed by atoms with E-state index in [2.05, 4.69) is 5.32 Å². The maximum atomic E-state index is 6.45. The minimum absolute atomic E-state index is 0.502. The number of thiophene rings is 1. The van der Waals surface area contributed by atoms with E-state index in [-0.39, 0.29) is 0 Å². The number of hydrogen-bond donors (Lipinski definition) is 2. The third-order valence-electron chi connectivity index (χ3n) is 4.51. The molecule has 1 saturated heterocycles. The summed E-state index contributed by atoms with van der Waals surface area (Å²) in [7, 11) is 1.65.